The predicted octanol–water partition coefficient (Wildman–Crippen LogP) is 5.04. The Morgan fingerprint density at radius 3 is 2.61 bits per heavy atom. The Bertz CT molecular complexity index is 1340. The number of nitrogens with one attached hydrogen (secondary N) is 2. The van der Waals surface area contributed by atoms with Crippen molar-refractivity contribution in [2.24, 2.45) is 0 Å². The van der Waals surface area contributed by atoms with Crippen LogP contribution in [-0.4, -0.2) is 29.2 Å². The van der Waals surface area contributed by atoms with E-state index in [0.29, 0.717) is 6.61 Å². The Morgan fingerprint density at radius 1 is 1.00 bits per heavy atom. The van der Waals surface area contributed by atoms with Crippen molar-refractivity contribution >= 4 is 39.4 Å². The van der Waals surface area contributed by atoms with Gasteiger partial charge in [0.1, 0.15) is 6.54 Å². The van der Waals surface area contributed by atoms with Crippen molar-refractivity contribution in [1.82, 2.24) is 9.88 Å². The lowest BCUT2D eigenvalue weighted by Gasteiger charge is -2.25. The van der Waals surface area contributed by atoms with Gasteiger partial charge in [-0.1, -0.05) is 54.6 Å². The van der Waals surface area contributed by atoms with Crippen LogP contribution >= 0.6 is 0 Å². The minimum Gasteiger partial charge on any atom is -0.465 e. The first kappa shape index (κ1) is 21.1. The van der Waals surface area contributed by atoms with Gasteiger partial charge in [0.2, 0.25) is 0 Å². The highest BCUT2D eigenvalue weighted by Crippen LogP contribution is 2.32. The molecule has 5 rings (SSSR count). The van der Waals surface area contributed by atoms with Crippen LogP contribution in [0.25, 0.3) is 21.7 Å². The second-order valence-corrected chi connectivity index (χ2v) is 8.40. The van der Waals surface area contributed by atoms with E-state index in [0.717, 1.165) is 52.3 Å². The van der Waals surface area contributed by atoms with Crippen LogP contribution in [0, 0.1) is 0 Å². The highest BCUT2D eigenvalue weighted by atomic mass is 16.5. The summed E-state index contributed by atoms with van der Waals surface area (Å²) in [6, 6.07) is 21.9. The van der Waals surface area contributed by atoms with Gasteiger partial charge in [-0.2, -0.15) is 0 Å². The van der Waals surface area contributed by atoms with Gasteiger partial charge < -0.3 is 19.9 Å². The third-order valence-corrected chi connectivity index (χ3v) is 6.34. The molecule has 1 aliphatic rings. The Hall–Kier alpha value is -3.80. The second-order valence-electron chi connectivity index (χ2n) is 8.40. The molecule has 0 bridgehead atoms. The molecule has 6 heteroatoms. The van der Waals surface area contributed by atoms with E-state index in [2.05, 4.69) is 21.3 Å². The largest absolute Gasteiger partial charge is 0.465 e. The number of ether oxygens (including phenoxy) is 1. The van der Waals surface area contributed by atoms with Crippen LogP contribution in [0.1, 0.15) is 24.6 Å². The van der Waals surface area contributed by atoms with Crippen LogP contribution in [-0.2, 0) is 28.9 Å². The van der Waals surface area contributed by atoms with Crippen molar-refractivity contribution in [2.75, 3.05) is 11.9 Å². The summed E-state index contributed by atoms with van der Waals surface area (Å²) in [4.78, 5) is 25.0. The van der Waals surface area contributed by atoms with E-state index in [1.165, 1.54) is 5.56 Å². The van der Waals surface area contributed by atoms with Crippen molar-refractivity contribution in [1.29, 1.82) is 0 Å². The lowest BCUT2D eigenvalue weighted by Crippen LogP contribution is -2.41. The van der Waals surface area contributed by atoms with E-state index < -0.39 is 0 Å². The van der Waals surface area contributed by atoms with Crippen molar-refractivity contribution in [3.63, 3.8) is 0 Å². The number of carbonyl (C=O) groups excluding carboxylic acids is 2. The highest BCUT2D eigenvalue weighted by Gasteiger charge is 2.27. The number of fused-ring (bicyclic) bond motifs is 4. The number of rotatable bonds is 5. The fraction of sp³-hybridized carbons (Fsp3) is 0.259. The fourth-order valence-corrected chi connectivity index (χ4v) is 4.92. The number of urea groups is 1. The Kier molecular flexibility index (Phi) is 5.73. The van der Waals surface area contributed by atoms with E-state index in [4.69, 9.17) is 4.74 Å². The van der Waals surface area contributed by atoms with Crippen LogP contribution < -0.4 is 10.6 Å². The van der Waals surface area contributed by atoms with E-state index >= 15 is 0 Å². The highest BCUT2D eigenvalue weighted by molar-refractivity contribution is 6.01. The van der Waals surface area contributed by atoms with E-state index in [1.54, 1.807) is 0 Å². The van der Waals surface area contributed by atoms with Gasteiger partial charge in [0, 0.05) is 28.0 Å². The number of anilines is 1. The summed E-state index contributed by atoms with van der Waals surface area (Å²) in [7, 11) is 0. The zero-order valence-electron chi connectivity index (χ0n) is 18.6. The summed E-state index contributed by atoms with van der Waals surface area (Å²) in [5.41, 5.74) is 4.21. The van der Waals surface area contributed by atoms with E-state index in [1.807, 2.05) is 67.6 Å². The maximum Gasteiger partial charge on any atom is 0.325 e. The molecule has 0 spiro atoms. The maximum atomic E-state index is 12.8. The molecule has 0 saturated heterocycles. The third kappa shape index (κ3) is 4.16. The number of para-hydroxylation sites is 1. The van der Waals surface area contributed by atoms with Crippen LogP contribution in [0.2, 0.25) is 0 Å². The Morgan fingerprint density at radius 2 is 1.76 bits per heavy atom. The van der Waals surface area contributed by atoms with Crippen LogP contribution in [0.3, 0.4) is 0 Å². The normalized spacial score (nSPS) is 15.2. The summed E-state index contributed by atoms with van der Waals surface area (Å²) >= 11 is 0. The first-order chi connectivity index (χ1) is 16.1. The third-order valence-electron chi connectivity index (χ3n) is 6.34. The molecule has 0 fully saturated rings. The minimum absolute atomic E-state index is 0.0225. The van der Waals surface area contributed by atoms with Crippen molar-refractivity contribution in [3.8, 4) is 0 Å². The molecule has 1 atom stereocenters. The number of benzene rings is 3. The fourth-order valence-electron chi connectivity index (χ4n) is 4.92. The molecule has 0 aliphatic heterocycles. The summed E-state index contributed by atoms with van der Waals surface area (Å²) in [6.45, 7) is 2.40. The number of esters is 1. The first-order valence-electron chi connectivity index (χ1n) is 11.4. The molecule has 4 aromatic rings. The predicted molar refractivity (Wildman–Crippen MR) is 130 cm³/mol. The molecule has 2 N–H and O–H groups in total. The number of carbonyl (C=O) groups is 2. The molecule has 6 nitrogen and oxygen atoms in total. The number of aromatic nitrogens is 1. The molecule has 0 unspecified atom stereocenters. The summed E-state index contributed by atoms with van der Waals surface area (Å²) in [5.74, 6) is -0.226. The average Bonchev–Trinajstić information content (AvgIpc) is 3.12. The number of hydrogen-bond acceptors (Lipinski definition) is 3. The zero-order valence-corrected chi connectivity index (χ0v) is 18.6. The Labute approximate surface area is 192 Å². The summed E-state index contributed by atoms with van der Waals surface area (Å²) < 4.78 is 7.27. The molecule has 2 amide bonds. The molecule has 1 heterocycles. The van der Waals surface area contributed by atoms with Gasteiger partial charge in [-0.05, 0) is 49.3 Å². The van der Waals surface area contributed by atoms with Gasteiger partial charge in [-0.15, -0.1) is 0 Å². The molecule has 0 saturated carbocycles. The Balaban J connectivity index is 1.35. The number of nitrogens with zero attached hydrogens (tertiary/aromatic N) is 1. The first-order valence-corrected chi connectivity index (χ1v) is 11.4. The van der Waals surface area contributed by atoms with Crippen LogP contribution in [0.5, 0.6) is 0 Å². The number of amides is 2. The van der Waals surface area contributed by atoms with E-state index in [-0.39, 0.29) is 24.6 Å². The topological polar surface area (TPSA) is 72.4 Å². The van der Waals surface area contributed by atoms with Gasteiger partial charge in [0.25, 0.3) is 0 Å². The van der Waals surface area contributed by atoms with Gasteiger partial charge in [0.05, 0.1) is 12.3 Å². The van der Waals surface area contributed by atoms with E-state index in [9.17, 15) is 9.59 Å². The van der Waals surface area contributed by atoms with Gasteiger partial charge in [-0.25, -0.2) is 4.79 Å². The molecule has 168 valence electrons. The van der Waals surface area contributed by atoms with Gasteiger partial charge >= 0.3 is 12.0 Å². The minimum atomic E-state index is -0.226. The molecule has 1 aliphatic carbocycles. The average molecular weight is 442 g/mol. The van der Waals surface area contributed by atoms with Crippen molar-refractivity contribution < 1.29 is 14.3 Å². The summed E-state index contributed by atoms with van der Waals surface area (Å²) in [6.07, 6.45) is 2.34. The molecule has 33 heavy (non-hydrogen) atoms. The molecular formula is C27H27N3O3. The van der Waals surface area contributed by atoms with Crippen molar-refractivity contribution in [2.45, 2.75) is 38.8 Å². The lowest BCUT2D eigenvalue weighted by atomic mass is 9.91. The monoisotopic (exact) mass is 441 g/mol. The van der Waals surface area contributed by atoms with Crippen LogP contribution in [0.15, 0.2) is 66.7 Å². The van der Waals surface area contributed by atoms with Crippen LogP contribution in [0.4, 0.5) is 10.5 Å². The second kappa shape index (κ2) is 8.98. The molecule has 1 aromatic heterocycles. The summed E-state index contributed by atoms with van der Waals surface area (Å²) in [5, 5.41) is 9.42. The SMILES string of the molecule is CCOC(=O)Cn1c2c(c3ccccc31)C[C@H](NC(=O)Nc1cccc3ccccc13)CC2. The molecular weight excluding hydrogens is 414 g/mol. The quantitative estimate of drug-likeness (QED) is 0.427. The molecule has 0 radical (unpaired) electrons. The lowest BCUT2D eigenvalue weighted by molar-refractivity contribution is -0.143. The smallest absolute Gasteiger partial charge is 0.325 e. The number of hydrogen-bond donors (Lipinski definition) is 2. The zero-order chi connectivity index (χ0) is 22.8. The van der Waals surface area contributed by atoms with Gasteiger partial charge in [0.15, 0.2) is 0 Å². The van der Waals surface area contributed by atoms with Crippen molar-refractivity contribution in [3.05, 3.63) is 78.0 Å². The van der Waals surface area contributed by atoms with Gasteiger partial charge in [-0.3, -0.25) is 4.79 Å². The maximum absolute atomic E-state index is 12.8. The standard InChI is InChI=1S/C27H27N3O3/c1-2-33-26(31)17-30-24-13-6-5-11-21(24)22-16-19(14-15-25(22)30)28-27(32)29-23-12-7-9-18-8-3-4-10-20(18)23/h3-13,19H,2,14-17H2,1H3,(H2,28,29,32)/t19-/m1/s1. The molecule has 3 aromatic carbocycles.